The van der Waals surface area contributed by atoms with Crippen LogP contribution in [0.15, 0.2) is 17.5 Å². The molecule has 1 aliphatic rings. The van der Waals surface area contributed by atoms with Crippen molar-refractivity contribution < 1.29 is 4.74 Å². The van der Waals surface area contributed by atoms with Gasteiger partial charge in [0.2, 0.25) is 0 Å². The lowest BCUT2D eigenvalue weighted by Crippen LogP contribution is -2.37. The van der Waals surface area contributed by atoms with Crippen LogP contribution >= 0.6 is 35.3 Å². The molecule has 21 heavy (non-hydrogen) atoms. The molecule has 5 heteroatoms. The first-order valence-corrected chi connectivity index (χ1v) is 9.55. The summed E-state index contributed by atoms with van der Waals surface area (Å²) in [4.78, 5) is 4.67. The molecule has 2 nitrogen and oxygen atoms in total. The molecule has 4 rings (SSSR count). The van der Waals surface area contributed by atoms with Gasteiger partial charge in [0.25, 0.3) is 0 Å². The van der Waals surface area contributed by atoms with Crippen LogP contribution in [0, 0.1) is 12.3 Å². The molecule has 0 N–H and O–H groups in total. The highest BCUT2D eigenvalue weighted by Gasteiger charge is 2.36. The molecule has 3 aromatic rings. The van der Waals surface area contributed by atoms with Crippen LogP contribution in [0.2, 0.25) is 0 Å². The molecule has 2 aromatic heterocycles. The van der Waals surface area contributed by atoms with Crippen LogP contribution in [-0.4, -0.2) is 17.3 Å². The number of hydrogen-bond acceptors (Lipinski definition) is 5. The lowest BCUT2D eigenvalue weighted by Gasteiger charge is -2.40. The van der Waals surface area contributed by atoms with Crippen molar-refractivity contribution >= 4 is 55.6 Å². The van der Waals surface area contributed by atoms with Gasteiger partial charge in [0.15, 0.2) is 0 Å². The van der Waals surface area contributed by atoms with Gasteiger partial charge in [0, 0.05) is 16.9 Å². The van der Waals surface area contributed by atoms with Crippen molar-refractivity contribution in [2.45, 2.75) is 26.2 Å². The predicted molar refractivity (Wildman–Crippen MR) is 95.4 cm³/mol. The fourth-order valence-electron chi connectivity index (χ4n) is 2.96. The molecule has 0 bridgehead atoms. The van der Waals surface area contributed by atoms with Crippen molar-refractivity contribution in [3.05, 3.63) is 22.5 Å². The third kappa shape index (κ3) is 2.26. The Morgan fingerprint density at radius 2 is 2.29 bits per heavy atom. The molecule has 0 atom stereocenters. The highest BCUT2D eigenvalue weighted by molar-refractivity contribution is 7.80. The number of nitrogens with zero attached hydrogens (tertiary/aromatic N) is 1. The fraction of sp³-hybridized carbons (Fsp3) is 0.438. The monoisotopic (exact) mass is 335 g/mol. The average molecular weight is 336 g/mol. The summed E-state index contributed by atoms with van der Waals surface area (Å²) in [5.74, 6) is 1.93. The van der Waals surface area contributed by atoms with Crippen LogP contribution in [0.3, 0.4) is 0 Å². The normalized spacial score (nSPS) is 17.2. The van der Waals surface area contributed by atoms with E-state index in [1.54, 1.807) is 22.7 Å². The first-order chi connectivity index (χ1) is 10.2. The Bertz CT molecular complexity index is 795. The zero-order valence-corrected chi connectivity index (χ0v) is 14.4. The minimum Gasteiger partial charge on any atom is -0.492 e. The second-order valence-electron chi connectivity index (χ2n) is 5.92. The van der Waals surface area contributed by atoms with E-state index >= 15 is 0 Å². The van der Waals surface area contributed by atoms with Crippen molar-refractivity contribution in [1.29, 1.82) is 0 Å². The van der Waals surface area contributed by atoms with Crippen LogP contribution in [0.4, 0.5) is 0 Å². The summed E-state index contributed by atoms with van der Waals surface area (Å²) >= 11 is 8.01. The van der Waals surface area contributed by atoms with E-state index < -0.39 is 0 Å². The SMILES string of the molecule is Cc1nc2c(cc(OCC3(CS)CCC3)c3ccsc32)s1. The number of benzene rings is 1. The molecule has 0 unspecified atom stereocenters. The molecule has 1 fully saturated rings. The third-order valence-corrected chi connectivity index (χ3v) is 6.96. The topological polar surface area (TPSA) is 22.1 Å². The summed E-state index contributed by atoms with van der Waals surface area (Å²) in [7, 11) is 0. The van der Waals surface area contributed by atoms with Crippen molar-refractivity contribution in [3.63, 3.8) is 0 Å². The second kappa shape index (κ2) is 5.14. The highest BCUT2D eigenvalue weighted by atomic mass is 32.1. The Kier molecular flexibility index (Phi) is 3.39. The van der Waals surface area contributed by atoms with Gasteiger partial charge in [-0.3, -0.25) is 0 Å². The van der Waals surface area contributed by atoms with Gasteiger partial charge in [-0.25, -0.2) is 4.98 Å². The maximum absolute atomic E-state index is 6.23. The summed E-state index contributed by atoms with van der Waals surface area (Å²) < 4.78 is 8.71. The van der Waals surface area contributed by atoms with E-state index in [0.29, 0.717) is 5.41 Å². The summed E-state index contributed by atoms with van der Waals surface area (Å²) in [6.45, 7) is 2.85. The number of thiol groups is 1. The molecule has 1 aromatic carbocycles. The number of fused-ring (bicyclic) bond motifs is 3. The molecule has 1 aliphatic carbocycles. The Morgan fingerprint density at radius 3 is 3.00 bits per heavy atom. The van der Waals surface area contributed by atoms with Crippen molar-refractivity contribution in [3.8, 4) is 5.75 Å². The number of ether oxygens (including phenoxy) is 1. The molecule has 0 amide bonds. The fourth-order valence-corrected chi connectivity index (χ4v) is 5.20. The van der Waals surface area contributed by atoms with Crippen LogP contribution in [-0.2, 0) is 0 Å². The van der Waals surface area contributed by atoms with Gasteiger partial charge in [0.1, 0.15) is 5.75 Å². The minimum atomic E-state index is 0.296. The molecular formula is C16H17NOS3. The lowest BCUT2D eigenvalue weighted by molar-refractivity contribution is 0.0839. The van der Waals surface area contributed by atoms with Crippen molar-refractivity contribution in [2.24, 2.45) is 5.41 Å². The highest BCUT2D eigenvalue weighted by Crippen LogP contribution is 2.44. The largest absolute Gasteiger partial charge is 0.492 e. The zero-order valence-electron chi connectivity index (χ0n) is 11.9. The molecule has 0 spiro atoms. The smallest absolute Gasteiger partial charge is 0.129 e. The molecule has 110 valence electrons. The Balaban J connectivity index is 1.74. The molecule has 0 aliphatic heterocycles. The van der Waals surface area contributed by atoms with E-state index in [2.05, 4.69) is 42.0 Å². The van der Waals surface area contributed by atoms with Crippen molar-refractivity contribution in [1.82, 2.24) is 4.98 Å². The van der Waals surface area contributed by atoms with E-state index in [9.17, 15) is 0 Å². The van der Waals surface area contributed by atoms with E-state index in [1.807, 2.05) is 0 Å². The number of thiazole rings is 1. The quantitative estimate of drug-likeness (QED) is 0.654. The van der Waals surface area contributed by atoms with Crippen LogP contribution < -0.4 is 4.74 Å². The Morgan fingerprint density at radius 1 is 1.43 bits per heavy atom. The average Bonchev–Trinajstić information content (AvgIpc) is 3.02. The number of thiophene rings is 1. The van der Waals surface area contributed by atoms with Crippen LogP contribution in [0.5, 0.6) is 5.75 Å². The van der Waals surface area contributed by atoms with Gasteiger partial charge in [-0.1, -0.05) is 6.42 Å². The number of rotatable bonds is 4. The summed E-state index contributed by atoms with van der Waals surface area (Å²) in [6.07, 6.45) is 3.79. The second-order valence-corrected chi connectivity index (χ2v) is 8.39. The molecule has 2 heterocycles. The summed E-state index contributed by atoms with van der Waals surface area (Å²) in [5, 5.41) is 4.44. The van der Waals surface area contributed by atoms with E-state index in [4.69, 9.17) is 4.74 Å². The Hall–Kier alpha value is -0.780. The maximum Gasteiger partial charge on any atom is 0.129 e. The first-order valence-electron chi connectivity index (χ1n) is 7.22. The van der Waals surface area contributed by atoms with Crippen LogP contribution in [0.25, 0.3) is 20.3 Å². The third-order valence-electron chi connectivity index (χ3n) is 4.45. The predicted octanol–water partition coefficient (Wildman–Crippen LogP) is 5.30. The van der Waals surface area contributed by atoms with Gasteiger partial charge < -0.3 is 4.74 Å². The first kappa shape index (κ1) is 13.9. The van der Waals surface area contributed by atoms with Gasteiger partial charge >= 0.3 is 0 Å². The minimum absolute atomic E-state index is 0.296. The molecule has 1 saturated carbocycles. The summed E-state index contributed by atoms with van der Waals surface area (Å²) in [6, 6.07) is 4.32. The molecule has 0 saturated heterocycles. The standard InChI is InChI=1S/C16H17NOS3/c1-10-17-14-13(21-10)7-12(11-3-6-20-15(11)14)18-8-16(9-19)4-2-5-16/h3,6-7,19H,2,4-5,8-9H2,1H3. The summed E-state index contributed by atoms with van der Waals surface area (Å²) in [5.41, 5.74) is 1.42. The van der Waals surface area contributed by atoms with Gasteiger partial charge in [-0.05, 0) is 37.0 Å². The van der Waals surface area contributed by atoms with E-state index in [1.165, 1.54) is 34.0 Å². The van der Waals surface area contributed by atoms with Gasteiger partial charge in [0.05, 0.1) is 26.5 Å². The maximum atomic E-state index is 6.23. The Labute approximate surface area is 137 Å². The van der Waals surface area contributed by atoms with Crippen LogP contribution in [0.1, 0.15) is 24.3 Å². The number of hydrogen-bond donors (Lipinski definition) is 1. The van der Waals surface area contributed by atoms with Gasteiger partial charge in [-0.2, -0.15) is 12.6 Å². The van der Waals surface area contributed by atoms with Gasteiger partial charge in [-0.15, -0.1) is 22.7 Å². The number of aryl methyl sites for hydroxylation is 1. The molecule has 0 radical (unpaired) electrons. The zero-order chi connectivity index (χ0) is 14.4. The molecular weight excluding hydrogens is 318 g/mol. The van der Waals surface area contributed by atoms with Crippen molar-refractivity contribution in [2.75, 3.05) is 12.4 Å². The van der Waals surface area contributed by atoms with E-state index in [-0.39, 0.29) is 0 Å². The lowest BCUT2D eigenvalue weighted by atomic mass is 9.71. The van der Waals surface area contributed by atoms with E-state index in [0.717, 1.165) is 28.6 Å². The number of aromatic nitrogens is 1.